The van der Waals surface area contributed by atoms with E-state index in [1.54, 1.807) is 5.06 Å². The summed E-state index contributed by atoms with van der Waals surface area (Å²) in [4.78, 5) is 18.2. The first-order valence-electron chi connectivity index (χ1n) is 8.18. The van der Waals surface area contributed by atoms with E-state index < -0.39 is 6.04 Å². The van der Waals surface area contributed by atoms with Crippen molar-refractivity contribution in [2.24, 2.45) is 5.73 Å². The first kappa shape index (κ1) is 16.6. The van der Waals surface area contributed by atoms with Crippen molar-refractivity contribution in [3.8, 4) is 0 Å². The number of nitrogens with two attached hydrogens (primary N) is 1. The summed E-state index contributed by atoms with van der Waals surface area (Å²) in [5.41, 5.74) is 8.21. The molecule has 1 saturated heterocycles. The molecule has 0 spiro atoms. The number of benzene rings is 2. The maximum absolute atomic E-state index is 12.4. The second-order valence-corrected chi connectivity index (χ2v) is 6.11. The summed E-state index contributed by atoms with van der Waals surface area (Å²) in [5, 5.41) is 4.68. The number of hydroxylamine groups is 2. The van der Waals surface area contributed by atoms with Gasteiger partial charge in [0.05, 0.1) is 6.04 Å². The van der Waals surface area contributed by atoms with Gasteiger partial charge in [-0.25, -0.2) is 0 Å². The van der Waals surface area contributed by atoms with Crippen molar-refractivity contribution in [1.29, 1.82) is 0 Å². The Balaban J connectivity index is 1.56. The molecule has 5 heteroatoms. The molecule has 126 valence electrons. The number of rotatable bonds is 5. The van der Waals surface area contributed by atoms with Crippen LogP contribution in [0.3, 0.4) is 0 Å². The molecule has 3 N–H and O–H groups in total. The van der Waals surface area contributed by atoms with Gasteiger partial charge in [-0.05, 0) is 17.5 Å². The average molecular weight is 325 g/mol. The Morgan fingerprint density at radius 2 is 1.83 bits per heavy atom. The van der Waals surface area contributed by atoms with Crippen LogP contribution in [-0.4, -0.2) is 30.2 Å². The summed E-state index contributed by atoms with van der Waals surface area (Å²) < 4.78 is 0. The lowest BCUT2D eigenvalue weighted by Gasteiger charge is -2.21. The van der Waals surface area contributed by atoms with Crippen molar-refractivity contribution in [3.05, 3.63) is 71.8 Å². The lowest BCUT2D eigenvalue weighted by molar-refractivity contribution is -0.154. The van der Waals surface area contributed by atoms with Gasteiger partial charge in [0.25, 0.3) is 0 Å². The standard InChI is InChI=1S/C19H23N3O2/c1-22-18(13-17(24-22)15-10-6-3-7-11-15)21-19(23)16(20)12-14-8-4-2-5-9-14/h2-11,16-18H,12-13,20H2,1H3,(H,21,23)/t16-,17+,18+/m0/s1. The maximum atomic E-state index is 12.4. The molecule has 2 aromatic rings. The maximum Gasteiger partial charge on any atom is 0.238 e. The van der Waals surface area contributed by atoms with Crippen LogP contribution >= 0.6 is 0 Å². The van der Waals surface area contributed by atoms with Gasteiger partial charge in [-0.2, -0.15) is 5.06 Å². The molecule has 1 aliphatic heterocycles. The number of amides is 1. The summed E-state index contributed by atoms with van der Waals surface area (Å²) in [5.74, 6) is -0.159. The molecular formula is C19H23N3O2. The molecule has 0 radical (unpaired) electrons. The number of carbonyl (C=O) groups excluding carboxylic acids is 1. The smallest absolute Gasteiger partial charge is 0.238 e. The van der Waals surface area contributed by atoms with Gasteiger partial charge in [-0.3, -0.25) is 9.63 Å². The quantitative estimate of drug-likeness (QED) is 0.882. The van der Waals surface area contributed by atoms with Crippen molar-refractivity contribution < 1.29 is 9.63 Å². The van der Waals surface area contributed by atoms with Gasteiger partial charge in [-0.15, -0.1) is 0 Å². The van der Waals surface area contributed by atoms with Crippen LogP contribution in [0, 0.1) is 0 Å². The number of nitrogens with one attached hydrogen (secondary N) is 1. The monoisotopic (exact) mass is 325 g/mol. The van der Waals surface area contributed by atoms with E-state index in [0.29, 0.717) is 12.8 Å². The summed E-state index contributed by atoms with van der Waals surface area (Å²) in [6, 6.07) is 19.2. The Morgan fingerprint density at radius 1 is 1.21 bits per heavy atom. The Bertz CT molecular complexity index is 663. The first-order chi connectivity index (χ1) is 11.6. The van der Waals surface area contributed by atoms with Crippen LogP contribution in [0.1, 0.15) is 23.7 Å². The summed E-state index contributed by atoms with van der Waals surface area (Å²) in [6.07, 6.45) is 0.993. The molecular weight excluding hydrogens is 302 g/mol. The third-order valence-electron chi connectivity index (χ3n) is 4.29. The number of hydrogen-bond donors (Lipinski definition) is 2. The molecule has 1 aliphatic rings. The molecule has 3 atom stereocenters. The summed E-state index contributed by atoms with van der Waals surface area (Å²) in [7, 11) is 1.83. The lowest BCUT2D eigenvalue weighted by Crippen LogP contribution is -2.49. The van der Waals surface area contributed by atoms with Gasteiger partial charge in [-0.1, -0.05) is 60.7 Å². The fourth-order valence-corrected chi connectivity index (χ4v) is 2.91. The van der Waals surface area contributed by atoms with E-state index in [1.165, 1.54) is 0 Å². The molecule has 0 bridgehead atoms. The van der Waals surface area contributed by atoms with Crippen LogP contribution in [0.2, 0.25) is 0 Å². The minimum atomic E-state index is -0.573. The highest BCUT2D eigenvalue weighted by Gasteiger charge is 2.33. The van der Waals surface area contributed by atoms with E-state index in [2.05, 4.69) is 5.32 Å². The van der Waals surface area contributed by atoms with Crippen molar-refractivity contribution in [2.45, 2.75) is 31.2 Å². The average Bonchev–Trinajstić information content (AvgIpc) is 2.97. The van der Waals surface area contributed by atoms with Crippen LogP contribution in [-0.2, 0) is 16.1 Å². The molecule has 1 amide bonds. The molecule has 1 fully saturated rings. The predicted octanol–water partition coefficient (Wildman–Crippen LogP) is 2.01. The van der Waals surface area contributed by atoms with Crippen molar-refractivity contribution in [3.63, 3.8) is 0 Å². The fraction of sp³-hybridized carbons (Fsp3) is 0.316. The third-order valence-corrected chi connectivity index (χ3v) is 4.29. The molecule has 2 aromatic carbocycles. The Hall–Kier alpha value is -2.21. The first-order valence-corrected chi connectivity index (χ1v) is 8.18. The third kappa shape index (κ3) is 4.00. The zero-order valence-corrected chi connectivity index (χ0v) is 13.8. The topological polar surface area (TPSA) is 67.6 Å². The van der Waals surface area contributed by atoms with Crippen LogP contribution in [0.15, 0.2) is 60.7 Å². The van der Waals surface area contributed by atoms with E-state index in [4.69, 9.17) is 10.6 Å². The number of nitrogens with zero attached hydrogens (tertiary/aromatic N) is 1. The van der Waals surface area contributed by atoms with Crippen molar-refractivity contribution in [2.75, 3.05) is 7.05 Å². The molecule has 3 rings (SSSR count). The van der Waals surface area contributed by atoms with E-state index in [1.807, 2.05) is 67.7 Å². The van der Waals surface area contributed by atoms with Gasteiger partial charge < -0.3 is 11.1 Å². The Morgan fingerprint density at radius 3 is 2.50 bits per heavy atom. The van der Waals surface area contributed by atoms with Crippen LogP contribution in [0.4, 0.5) is 0 Å². The van der Waals surface area contributed by atoms with Gasteiger partial charge in [0, 0.05) is 13.5 Å². The predicted molar refractivity (Wildman–Crippen MR) is 92.7 cm³/mol. The van der Waals surface area contributed by atoms with Gasteiger partial charge >= 0.3 is 0 Å². The van der Waals surface area contributed by atoms with Gasteiger partial charge in [0.1, 0.15) is 12.3 Å². The SMILES string of the molecule is CN1O[C@@H](c2ccccc2)C[C@@H]1NC(=O)[C@@H](N)Cc1ccccc1. The Labute approximate surface area is 142 Å². The molecule has 0 saturated carbocycles. The fourth-order valence-electron chi connectivity index (χ4n) is 2.91. The zero-order chi connectivity index (χ0) is 16.9. The van der Waals surface area contributed by atoms with E-state index >= 15 is 0 Å². The molecule has 24 heavy (non-hydrogen) atoms. The Kier molecular flexibility index (Phi) is 5.25. The number of hydrogen-bond acceptors (Lipinski definition) is 4. The summed E-state index contributed by atoms with van der Waals surface area (Å²) in [6.45, 7) is 0. The second-order valence-electron chi connectivity index (χ2n) is 6.11. The highest BCUT2D eigenvalue weighted by Crippen LogP contribution is 2.30. The normalized spacial score (nSPS) is 22.2. The van der Waals surface area contributed by atoms with Crippen LogP contribution in [0.5, 0.6) is 0 Å². The van der Waals surface area contributed by atoms with Crippen LogP contribution in [0.25, 0.3) is 0 Å². The summed E-state index contributed by atoms with van der Waals surface area (Å²) >= 11 is 0. The highest BCUT2D eigenvalue weighted by atomic mass is 16.7. The largest absolute Gasteiger partial charge is 0.337 e. The molecule has 5 nitrogen and oxygen atoms in total. The lowest BCUT2D eigenvalue weighted by atomic mass is 10.0. The second kappa shape index (κ2) is 7.57. The zero-order valence-electron chi connectivity index (χ0n) is 13.8. The molecule has 0 unspecified atom stereocenters. The highest BCUT2D eigenvalue weighted by molar-refractivity contribution is 5.82. The molecule has 1 heterocycles. The minimum absolute atomic E-state index is 0.0492. The van der Waals surface area contributed by atoms with E-state index in [0.717, 1.165) is 11.1 Å². The molecule has 0 aliphatic carbocycles. The minimum Gasteiger partial charge on any atom is -0.337 e. The van der Waals surface area contributed by atoms with Gasteiger partial charge in [0.15, 0.2) is 0 Å². The van der Waals surface area contributed by atoms with E-state index in [-0.39, 0.29) is 18.2 Å². The van der Waals surface area contributed by atoms with E-state index in [9.17, 15) is 4.79 Å². The van der Waals surface area contributed by atoms with Gasteiger partial charge in [0.2, 0.25) is 5.91 Å². The van der Waals surface area contributed by atoms with Crippen molar-refractivity contribution >= 4 is 5.91 Å². The van der Waals surface area contributed by atoms with Crippen molar-refractivity contribution in [1.82, 2.24) is 10.4 Å². The molecule has 0 aromatic heterocycles. The van der Waals surface area contributed by atoms with Crippen LogP contribution < -0.4 is 11.1 Å². The number of carbonyl (C=O) groups is 1.